The molecule has 5 nitrogen and oxygen atoms in total. The van der Waals surface area contributed by atoms with Crippen LogP contribution in [0.1, 0.15) is 38.3 Å². The Morgan fingerprint density at radius 3 is 2.57 bits per heavy atom. The monoisotopic (exact) mass is 313 g/mol. The third-order valence-electron chi connectivity index (χ3n) is 3.80. The molecule has 0 saturated heterocycles. The first-order chi connectivity index (χ1) is 9.94. The molecule has 0 aliphatic carbocycles. The summed E-state index contributed by atoms with van der Waals surface area (Å²) < 4.78 is 35.5. The number of fused-ring (bicyclic) bond motifs is 1. The van der Waals surface area contributed by atoms with Crippen molar-refractivity contribution < 1.29 is 17.9 Å². The molecular weight excluding hydrogens is 290 g/mol. The molecule has 0 aromatic heterocycles. The van der Waals surface area contributed by atoms with E-state index in [9.17, 15) is 8.42 Å². The van der Waals surface area contributed by atoms with Gasteiger partial charge < -0.3 is 15.2 Å². The lowest BCUT2D eigenvalue weighted by Crippen LogP contribution is -2.28. The van der Waals surface area contributed by atoms with E-state index in [1.165, 1.54) is 0 Å². The number of nitrogens with two attached hydrogens (primary N) is 1. The summed E-state index contributed by atoms with van der Waals surface area (Å²) in [5, 5.41) is -0.371. The van der Waals surface area contributed by atoms with Gasteiger partial charge in [-0.15, -0.1) is 0 Å². The van der Waals surface area contributed by atoms with E-state index in [0.29, 0.717) is 31.1 Å². The second-order valence-electron chi connectivity index (χ2n) is 5.41. The van der Waals surface area contributed by atoms with Gasteiger partial charge in [-0.3, -0.25) is 0 Å². The Morgan fingerprint density at radius 2 is 1.90 bits per heavy atom. The summed E-state index contributed by atoms with van der Waals surface area (Å²) in [5.41, 5.74) is 6.83. The predicted octanol–water partition coefficient (Wildman–Crippen LogP) is 2.06. The standard InChI is InChI=1S/C15H23NO4S/c1-3-11(2)21(17,18)10-13(16)12-5-6-14-15(9-12)20-8-4-7-19-14/h5-6,9,11,13H,3-4,7-8,10,16H2,1-2H3. The van der Waals surface area contributed by atoms with E-state index < -0.39 is 15.9 Å². The highest BCUT2D eigenvalue weighted by Gasteiger charge is 2.24. The first-order valence-electron chi connectivity index (χ1n) is 7.30. The quantitative estimate of drug-likeness (QED) is 0.900. The number of hydrogen-bond donors (Lipinski definition) is 1. The fraction of sp³-hybridized carbons (Fsp3) is 0.600. The summed E-state index contributed by atoms with van der Waals surface area (Å²) in [6, 6.07) is 4.84. The lowest BCUT2D eigenvalue weighted by molar-refractivity contribution is 0.297. The van der Waals surface area contributed by atoms with Crippen LogP contribution in [0.4, 0.5) is 0 Å². The smallest absolute Gasteiger partial charge is 0.161 e. The van der Waals surface area contributed by atoms with Crippen LogP contribution in [0, 0.1) is 0 Å². The molecule has 1 aromatic carbocycles. The van der Waals surface area contributed by atoms with Crippen molar-refractivity contribution in [2.24, 2.45) is 5.73 Å². The zero-order valence-electron chi connectivity index (χ0n) is 12.5. The maximum Gasteiger partial charge on any atom is 0.161 e. The average molecular weight is 313 g/mol. The van der Waals surface area contributed by atoms with Gasteiger partial charge in [0.15, 0.2) is 21.3 Å². The third kappa shape index (κ3) is 3.89. The highest BCUT2D eigenvalue weighted by Crippen LogP contribution is 2.32. The van der Waals surface area contributed by atoms with E-state index in [1.807, 2.05) is 13.0 Å². The van der Waals surface area contributed by atoms with Crippen LogP contribution < -0.4 is 15.2 Å². The Kier molecular flexibility index (Phi) is 5.11. The maximum atomic E-state index is 12.2. The Balaban J connectivity index is 2.16. The van der Waals surface area contributed by atoms with Gasteiger partial charge >= 0.3 is 0 Å². The first-order valence-corrected chi connectivity index (χ1v) is 9.02. The van der Waals surface area contributed by atoms with Crippen molar-refractivity contribution in [1.82, 2.24) is 0 Å². The second-order valence-corrected chi connectivity index (χ2v) is 7.88. The summed E-state index contributed by atoms with van der Waals surface area (Å²) in [4.78, 5) is 0. The molecule has 0 saturated carbocycles. The molecule has 0 fully saturated rings. The molecule has 0 amide bonds. The minimum atomic E-state index is -3.18. The van der Waals surface area contributed by atoms with Gasteiger partial charge in [-0.25, -0.2) is 8.42 Å². The van der Waals surface area contributed by atoms with Crippen LogP contribution in [0.15, 0.2) is 18.2 Å². The van der Waals surface area contributed by atoms with Crippen LogP contribution in [-0.4, -0.2) is 32.6 Å². The fourth-order valence-electron chi connectivity index (χ4n) is 2.18. The summed E-state index contributed by atoms with van der Waals surface area (Å²) in [6.07, 6.45) is 1.43. The number of sulfone groups is 1. The van der Waals surface area contributed by atoms with Crippen molar-refractivity contribution in [3.8, 4) is 11.5 Å². The molecule has 6 heteroatoms. The van der Waals surface area contributed by atoms with Gasteiger partial charge in [0.05, 0.1) is 24.2 Å². The van der Waals surface area contributed by atoms with E-state index in [1.54, 1.807) is 19.1 Å². The molecule has 2 atom stereocenters. The van der Waals surface area contributed by atoms with Crippen molar-refractivity contribution in [2.75, 3.05) is 19.0 Å². The van der Waals surface area contributed by atoms with Crippen molar-refractivity contribution in [1.29, 1.82) is 0 Å². The number of hydrogen-bond acceptors (Lipinski definition) is 5. The first kappa shape index (κ1) is 16.1. The molecular formula is C15H23NO4S. The van der Waals surface area contributed by atoms with E-state index in [-0.39, 0.29) is 11.0 Å². The number of benzene rings is 1. The minimum Gasteiger partial charge on any atom is -0.490 e. The molecule has 2 unspecified atom stereocenters. The van der Waals surface area contributed by atoms with Crippen LogP contribution in [-0.2, 0) is 9.84 Å². The van der Waals surface area contributed by atoms with Crippen LogP contribution in [0.5, 0.6) is 11.5 Å². The topological polar surface area (TPSA) is 78.6 Å². The van der Waals surface area contributed by atoms with Gasteiger partial charge in [-0.05, 0) is 31.0 Å². The summed E-state index contributed by atoms with van der Waals surface area (Å²) in [6.45, 7) is 4.80. The Bertz CT molecular complexity index is 585. The van der Waals surface area contributed by atoms with Crippen LogP contribution in [0.3, 0.4) is 0 Å². The summed E-state index contributed by atoms with van der Waals surface area (Å²) in [5.74, 6) is 1.27. The predicted molar refractivity (Wildman–Crippen MR) is 82.5 cm³/mol. The molecule has 0 radical (unpaired) electrons. The van der Waals surface area contributed by atoms with E-state index in [2.05, 4.69) is 0 Å². The zero-order valence-corrected chi connectivity index (χ0v) is 13.4. The summed E-state index contributed by atoms with van der Waals surface area (Å²) in [7, 11) is -3.18. The van der Waals surface area contributed by atoms with Crippen LogP contribution >= 0.6 is 0 Å². The lowest BCUT2D eigenvalue weighted by Gasteiger charge is -2.17. The lowest BCUT2D eigenvalue weighted by atomic mass is 10.1. The molecule has 1 heterocycles. The minimum absolute atomic E-state index is 0.0539. The van der Waals surface area contributed by atoms with Crippen LogP contribution in [0.25, 0.3) is 0 Å². The average Bonchev–Trinajstić information content (AvgIpc) is 2.70. The molecule has 1 aliphatic rings. The third-order valence-corrected chi connectivity index (χ3v) is 6.18. The molecule has 2 N–H and O–H groups in total. The van der Waals surface area contributed by atoms with Gasteiger partial charge in [-0.1, -0.05) is 13.0 Å². The van der Waals surface area contributed by atoms with Gasteiger partial charge in [0.1, 0.15) is 0 Å². The Labute approximate surface area is 126 Å². The van der Waals surface area contributed by atoms with Gasteiger partial charge in [0.25, 0.3) is 0 Å². The molecule has 1 aromatic rings. The maximum absolute atomic E-state index is 12.2. The van der Waals surface area contributed by atoms with Crippen molar-refractivity contribution in [3.63, 3.8) is 0 Å². The second kappa shape index (κ2) is 6.66. The Hall–Kier alpha value is -1.27. The number of ether oxygens (including phenoxy) is 2. The van der Waals surface area contributed by atoms with Gasteiger partial charge in [-0.2, -0.15) is 0 Å². The molecule has 1 aliphatic heterocycles. The van der Waals surface area contributed by atoms with Gasteiger partial charge in [0, 0.05) is 12.5 Å². The van der Waals surface area contributed by atoms with Crippen molar-refractivity contribution in [2.45, 2.75) is 38.0 Å². The normalized spacial score (nSPS) is 17.9. The molecule has 0 spiro atoms. The van der Waals surface area contributed by atoms with Crippen molar-refractivity contribution >= 4 is 9.84 Å². The Morgan fingerprint density at radius 1 is 1.24 bits per heavy atom. The van der Waals surface area contributed by atoms with E-state index in [0.717, 1.165) is 12.0 Å². The molecule has 2 rings (SSSR count). The highest BCUT2D eigenvalue weighted by molar-refractivity contribution is 7.92. The number of rotatable bonds is 5. The van der Waals surface area contributed by atoms with Crippen molar-refractivity contribution in [3.05, 3.63) is 23.8 Å². The summed E-state index contributed by atoms with van der Waals surface area (Å²) >= 11 is 0. The SMILES string of the molecule is CCC(C)S(=O)(=O)CC(N)c1ccc2c(c1)OCCCO2. The fourth-order valence-corrected chi connectivity index (χ4v) is 3.70. The zero-order chi connectivity index (χ0) is 15.5. The van der Waals surface area contributed by atoms with E-state index in [4.69, 9.17) is 15.2 Å². The van der Waals surface area contributed by atoms with Crippen LogP contribution in [0.2, 0.25) is 0 Å². The molecule has 118 valence electrons. The largest absolute Gasteiger partial charge is 0.490 e. The van der Waals surface area contributed by atoms with E-state index >= 15 is 0 Å². The van der Waals surface area contributed by atoms with Gasteiger partial charge in [0.2, 0.25) is 0 Å². The molecule has 0 bridgehead atoms. The molecule has 21 heavy (non-hydrogen) atoms. The highest BCUT2D eigenvalue weighted by atomic mass is 32.2.